The molecule has 78 valence electrons. The number of unbranched alkanes of at least 4 members (excludes halogenated alkanes) is 1. The van der Waals surface area contributed by atoms with Crippen molar-refractivity contribution >= 4 is 16.0 Å². The van der Waals surface area contributed by atoms with Gasteiger partial charge in [-0.2, -0.15) is 0 Å². The van der Waals surface area contributed by atoms with Crippen LogP contribution in [0.5, 0.6) is 0 Å². The molecule has 14 heavy (non-hydrogen) atoms. The summed E-state index contributed by atoms with van der Waals surface area (Å²) in [7, 11) is -3.94. The van der Waals surface area contributed by atoms with E-state index in [-0.39, 0.29) is 35.3 Å². The van der Waals surface area contributed by atoms with E-state index in [1.165, 1.54) is 0 Å². The molecule has 0 bridgehead atoms. The van der Waals surface area contributed by atoms with Gasteiger partial charge in [0.25, 0.3) is 0 Å². The Balaban J connectivity index is -0.000000177. The first kappa shape index (κ1) is 19.7. The van der Waals surface area contributed by atoms with Gasteiger partial charge in [-0.25, -0.2) is 8.42 Å². The minimum atomic E-state index is -3.94. The van der Waals surface area contributed by atoms with Gasteiger partial charge in [0.15, 0.2) is 0 Å². The van der Waals surface area contributed by atoms with Crippen LogP contribution in [-0.4, -0.2) is 24.6 Å². The van der Waals surface area contributed by atoms with E-state index in [1.54, 1.807) is 0 Å². The summed E-state index contributed by atoms with van der Waals surface area (Å²) in [6.07, 6.45) is 2.29. The number of carbonyl (C=O) groups excluding carboxylic acids is 1. The van der Waals surface area contributed by atoms with Crippen molar-refractivity contribution in [3.63, 3.8) is 0 Å². The third-order valence-corrected chi connectivity index (χ3v) is 1.74. The van der Waals surface area contributed by atoms with E-state index >= 15 is 0 Å². The molecule has 0 aromatic rings. The zero-order valence-electron chi connectivity index (χ0n) is 8.52. The molecule has 0 aliphatic carbocycles. The Hall–Kier alpha value is 0.120. The molecule has 1 amide bonds. The van der Waals surface area contributed by atoms with Crippen LogP contribution < -0.4 is 35.3 Å². The van der Waals surface area contributed by atoms with E-state index in [0.717, 1.165) is 12.5 Å². The van der Waals surface area contributed by atoms with Crippen LogP contribution >= 0.6 is 0 Å². The smallest absolute Gasteiger partial charge is 0.748 e. The summed E-state index contributed by atoms with van der Waals surface area (Å²) in [5.74, 6) is -0.700. The Labute approximate surface area is 107 Å². The van der Waals surface area contributed by atoms with Crippen molar-refractivity contribution in [1.29, 1.82) is 0 Å². The number of primary amides is 1. The zero-order chi connectivity index (χ0) is 10.9. The number of hydrogen-bond acceptors (Lipinski definition) is 4. The normalized spacial score (nSPS) is 9.00. The fourth-order valence-corrected chi connectivity index (χ4v) is 0.963. The summed E-state index contributed by atoms with van der Waals surface area (Å²) < 4.78 is 29.5. The average Bonchev–Trinajstić information content (AvgIpc) is 2.00. The van der Waals surface area contributed by atoms with E-state index < -0.39 is 16.0 Å². The van der Waals surface area contributed by atoms with E-state index in [4.69, 9.17) is 0 Å². The third kappa shape index (κ3) is 29.6. The summed E-state index contributed by atoms with van der Waals surface area (Å²) in [4.78, 5) is 9.47. The van der Waals surface area contributed by atoms with Gasteiger partial charge in [0, 0.05) is 5.75 Å². The summed E-state index contributed by atoms with van der Waals surface area (Å²) in [6, 6.07) is 0. The van der Waals surface area contributed by atoms with Crippen LogP contribution in [0.15, 0.2) is 12.7 Å². The van der Waals surface area contributed by atoms with Crippen molar-refractivity contribution in [2.45, 2.75) is 19.8 Å². The molecule has 0 fully saturated rings. The quantitative estimate of drug-likeness (QED) is 0.316. The second kappa shape index (κ2) is 11.2. The van der Waals surface area contributed by atoms with E-state index in [1.807, 2.05) is 6.92 Å². The van der Waals surface area contributed by atoms with E-state index in [2.05, 4.69) is 12.3 Å². The molecule has 7 heteroatoms. The van der Waals surface area contributed by atoms with Gasteiger partial charge in [-0.1, -0.05) is 19.9 Å². The molecule has 0 atom stereocenters. The van der Waals surface area contributed by atoms with Crippen LogP contribution in [0.1, 0.15) is 19.8 Å². The van der Waals surface area contributed by atoms with Gasteiger partial charge < -0.3 is 10.3 Å². The van der Waals surface area contributed by atoms with Gasteiger partial charge in [0.2, 0.25) is 5.91 Å². The number of amides is 1. The molecule has 0 saturated carbocycles. The Kier molecular flexibility index (Phi) is 15.7. The molecule has 0 rings (SSSR count). The summed E-state index contributed by atoms with van der Waals surface area (Å²) in [5, 5.41) is 0. The number of hydrogen-bond donors (Lipinski definition) is 1. The first-order valence-corrected chi connectivity index (χ1v) is 5.26. The Morgan fingerprint density at radius 1 is 1.57 bits per heavy atom. The maximum absolute atomic E-state index is 9.83. The van der Waals surface area contributed by atoms with Crippen LogP contribution in [0.25, 0.3) is 0 Å². The van der Waals surface area contributed by atoms with Gasteiger partial charge in [0.1, 0.15) is 0 Å². The average molecular weight is 231 g/mol. The fourth-order valence-electron chi connectivity index (χ4n) is 0.321. The van der Waals surface area contributed by atoms with Gasteiger partial charge in [-0.05, 0) is 12.5 Å². The molecule has 0 unspecified atom stereocenters. The first-order chi connectivity index (χ1) is 5.83. The van der Waals surface area contributed by atoms with Crippen LogP contribution in [0.4, 0.5) is 0 Å². The van der Waals surface area contributed by atoms with Crippen molar-refractivity contribution in [1.82, 2.24) is 0 Å². The molecule has 0 spiro atoms. The summed E-state index contributed by atoms with van der Waals surface area (Å²) in [5.41, 5.74) is 4.53. The van der Waals surface area contributed by atoms with Crippen LogP contribution in [0.3, 0.4) is 0 Å². The van der Waals surface area contributed by atoms with Crippen molar-refractivity contribution < 1.29 is 47.3 Å². The predicted molar refractivity (Wildman–Crippen MR) is 48.9 cm³/mol. The summed E-state index contributed by atoms with van der Waals surface area (Å²) >= 11 is 0. The second-order valence-electron chi connectivity index (χ2n) is 2.22. The third-order valence-electron chi connectivity index (χ3n) is 0.949. The molecular formula is C7H14NNaO4S. The number of rotatable bonds is 4. The minimum Gasteiger partial charge on any atom is -0.748 e. The topological polar surface area (TPSA) is 100 Å². The van der Waals surface area contributed by atoms with Crippen molar-refractivity contribution in [2.24, 2.45) is 5.73 Å². The predicted octanol–water partition coefficient (Wildman–Crippen LogP) is -3.01. The number of nitrogens with two attached hydrogens (primary N) is 1. The van der Waals surface area contributed by atoms with Crippen LogP contribution in [0.2, 0.25) is 0 Å². The van der Waals surface area contributed by atoms with Crippen LogP contribution in [-0.2, 0) is 14.9 Å². The molecule has 0 heterocycles. The molecule has 0 aliphatic rings. The molecular weight excluding hydrogens is 217 g/mol. The Morgan fingerprint density at radius 2 is 1.93 bits per heavy atom. The minimum absolute atomic E-state index is 0. The van der Waals surface area contributed by atoms with Gasteiger partial charge in [-0.3, -0.25) is 4.79 Å². The van der Waals surface area contributed by atoms with E-state index in [9.17, 15) is 17.8 Å². The maximum Gasteiger partial charge on any atom is 1.00 e. The molecule has 0 radical (unpaired) electrons. The van der Waals surface area contributed by atoms with Crippen LogP contribution in [0, 0.1) is 0 Å². The van der Waals surface area contributed by atoms with Crippen molar-refractivity contribution in [3.8, 4) is 0 Å². The van der Waals surface area contributed by atoms with Gasteiger partial charge in [0.05, 0.1) is 10.1 Å². The molecule has 5 nitrogen and oxygen atoms in total. The van der Waals surface area contributed by atoms with Gasteiger partial charge >= 0.3 is 29.6 Å². The van der Waals surface area contributed by atoms with Crippen molar-refractivity contribution in [2.75, 3.05) is 5.75 Å². The standard InChI is InChI=1S/C4H10O3S.C3H5NO.Na/c1-2-3-4-8(5,6)7;1-2-3(4)5;/h2-4H2,1H3,(H,5,6,7);2H,1H2,(H2,4,5);/q;;+1/p-1. The second-order valence-corrected chi connectivity index (χ2v) is 3.75. The zero-order valence-corrected chi connectivity index (χ0v) is 11.3. The van der Waals surface area contributed by atoms with E-state index in [0.29, 0.717) is 6.42 Å². The maximum atomic E-state index is 9.83. The van der Waals surface area contributed by atoms with Gasteiger partial charge in [-0.15, -0.1) is 0 Å². The number of carbonyl (C=O) groups is 1. The SMILES string of the molecule is C=CC(N)=O.CCCCS(=O)(=O)[O-].[Na+]. The monoisotopic (exact) mass is 231 g/mol. The van der Waals surface area contributed by atoms with Crippen molar-refractivity contribution in [3.05, 3.63) is 12.7 Å². The molecule has 2 N–H and O–H groups in total. The molecule has 0 aromatic carbocycles. The largest absolute Gasteiger partial charge is 1.00 e. The molecule has 0 aromatic heterocycles. The fraction of sp³-hybridized carbons (Fsp3) is 0.571. The first-order valence-electron chi connectivity index (χ1n) is 3.69. The Morgan fingerprint density at radius 3 is 2.00 bits per heavy atom. The molecule has 0 saturated heterocycles. The summed E-state index contributed by atoms with van der Waals surface area (Å²) in [6.45, 7) is 4.92. The molecule has 0 aliphatic heterocycles. The Bertz CT molecular complexity index is 250.